The molecule has 0 bridgehead atoms. The van der Waals surface area contributed by atoms with Crippen molar-refractivity contribution in [2.24, 2.45) is 0 Å². The fourth-order valence-corrected chi connectivity index (χ4v) is 2.85. The van der Waals surface area contributed by atoms with E-state index >= 15 is 0 Å². The second-order valence-corrected chi connectivity index (χ2v) is 6.02. The SMILES string of the molecule is CCN(CCC(O)c1ccc(C)cc1C)Cc1ccccc1. The Hall–Kier alpha value is -1.64. The Bertz CT molecular complexity index is 580. The first-order valence-corrected chi connectivity index (χ1v) is 8.11. The second-order valence-electron chi connectivity index (χ2n) is 6.02. The molecule has 2 heteroatoms. The number of aliphatic hydroxyl groups is 1. The summed E-state index contributed by atoms with van der Waals surface area (Å²) >= 11 is 0. The monoisotopic (exact) mass is 297 g/mol. The lowest BCUT2D eigenvalue weighted by Crippen LogP contribution is -2.25. The van der Waals surface area contributed by atoms with E-state index in [1.165, 1.54) is 16.7 Å². The average molecular weight is 297 g/mol. The molecule has 0 fully saturated rings. The third-order valence-corrected chi connectivity index (χ3v) is 4.20. The number of hydrogen-bond acceptors (Lipinski definition) is 2. The lowest BCUT2D eigenvalue weighted by molar-refractivity contribution is 0.141. The van der Waals surface area contributed by atoms with Crippen LogP contribution in [0.4, 0.5) is 0 Å². The zero-order valence-corrected chi connectivity index (χ0v) is 13.9. The molecule has 0 aliphatic heterocycles. The standard InChI is InChI=1S/C20H27NO/c1-4-21(15-18-8-6-5-7-9-18)13-12-20(22)19-11-10-16(2)14-17(19)3/h5-11,14,20,22H,4,12-13,15H2,1-3H3. The number of benzene rings is 2. The quantitative estimate of drug-likeness (QED) is 0.826. The molecule has 1 atom stereocenters. The van der Waals surface area contributed by atoms with Gasteiger partial charge in [-0.1, -0.05) is 61.0 Å². The summed E-state index contributed by atoms with van der Waals surface area (Å²) < 4.78 is 0. The highest BCUT2D eigenvalue weighted by molar-refractivity contribution is 5.31. The van der Waals surface area contributed by atoms with Gasteiger partial charge in [0.25, 0.3) is 0 Å². The van der Waals surface area contributed by atoms with Crippen LogP contribution in [0.15, 0.2) is 48.5 Å². The van der Waals surface area contributed by atoms with Crippen LogP contribution in [0.1, 0.15) is 41.7 Å². The van der Waals surface area contributed by atoms with Crippen LogP contribution in [0, 0.1) is 13.8 Å². The number of nitrogens with zero attached hydrogens (tertiary/aromatic N) is 1. The van der Waals surface area contributed by atoms with E-state index in [0.717, 1.165) is 31.6 Å². The van der Waals surface area contributed by atoms with E-state index < -0.39 is 0 Å². The summed E-state index contributed by atoms with van der Waals surface area (Å²) in [6, 6.07) is 16.8. The molecule has 118 valence electrons. The smallest absolute Gasteiger partial charge is 0.0804 e. The highest BCUT2D eigenvalue weighted by atomic mass is 16.3. The van der Waals surface area contributed by atoms with Crippen LogP contribution in [-0.2, 0) is 6.54 Å². The first-order valence-electron chi connectivity index (χ1n) is 8.11. The highest BCUT2D eigenvalue weighted by Gasteiger charge is 2.12. The van der Waals surface area contributed by atoms with Crippen molar-refractivity contribution in [2.45, 2.75) is 39.8 Å². The molecule has 22 heavy (non-hydrogen) atoms. The summed E-state index contributed by atoms with van der Waals surface area (Å²) in [5.74, 6) is 0. The van der Waals surface area contributed by atoms with Crippen LogP contribution >= 0.6 is 0 Å². The van der Waals surface area contributed by atoms with Crippen molar-refractivity contribution in [1.82, 2.24) is 4.90 Å². The van der Waals surface area contributed by atoms with Crippen LogP contribution in [0.25, 0.3) is 0 Å². The molecule has 2 aromatic rings. The molecule has 0 saturated carbocycles. The van der Waals surface area contributed by atoms with Gasteiger partial charge in [0.2, 0.25) is 0 Å². The van der Waals surface area contributed by atoms with Crippen molar-refractivity contribution < 1.29 is 5.11 Å². The Labute approximate surface area is 134 Å². The number of rotatable bonds is 7. The maximum atomic E-state index is 10.5. The molecule has 0 aromatic heterocycles. The van der Waals surface area contributed by atoms with Gasteiger partial charge >= 0.3 is 0 Å². The molecule has 1 N–H and O–H groups in total. The Morgan fingerprint density at radius 3 is 2.41 bits per heavy atom. The zero-order chi connectivity index (χ0) is 15.9. The van der Waals surface area contributed by atoms with Crippen molar-refractivity contribution >= 4 is 0 Å². The van der Waals surface area contributed by atoms with Crippen LogP contribution in [0.2, 0.25) is 0 Å². The second kappa shape index (κ2) is 8.11. The van der Waals surface area contributed by atoms with Gasteiger partial charge in [-0.25, -0.2) is 0 Å². The fourth-order valence-electron chi connectivity index (χ4n) is 2.85. The van der Waals surface area contributed by atoms with Crippen molar-refractivity contribution in [3.63, 3.8) is 0 Å². The molecule has 0 radical (unpaired) electrons. The number of hydrogen-bond donors (Lipinski definition) is 1. The summed E-state index contributed by atoms with van der Waals surface area (Å²) in [6.45, 7) is 9.17. The Kier molecular flexibility index (Phi) is 6.17. The Balaban J connectivity index is 1.92. The molecule has 0 aliphatic rings. The average Bonchev–Trinajstić information content (AvgIpc) is 2.52. The van der Waals surface area contributed by atoms with Gasteiger partial charge in [0, 0.05) is 13.1 Å². The van der Waals surface area contributed by atoms with Gasteiger partial charge in [-0.15, -0.1) is 0 Å². The highest BCUT2D eigenvalue weighted by Crippen LogP contribution is 2.22. The van der Waals surface area contributed by atoms with Gasteiger partial charge in [-0.2, -0.15) is 0 Å². The fraction of sp³-hybridized carbons (Fsp3) is 0.400. The zero-order valence-electron chi connectivity index (χ0n) is 13.9. The summed E-state index contributed by atoms with van der Waals surface area (Å²) in [5.41, 5.74) is 4.80. The van der Waals surface area contributed by atoms with Crippen molar-refractivity contribution in [3.8, 4) is 0 Å². The minimum absolute atomic E-state index is 0.384. The van der Waals surface area contributed by atoms with E-state index in [9.17, 15) is 5.11 Å². The van der Waals surface area contributed by atoms with E-state index in [2.05, 4.69) is 68.1 Å². The summed E-state index contributed by atoms with van der Waals surface area (Å²) in [6.07, 6.45) is 0.385. The minimum Gasteiger partial charge on any atom is -0.388 e. The van der Waals surface area contributed by atoms with Gasteiger partial charge in [-0.3, -0.25) is 4.90 Å². The molecular weight excluding hydrogens is 270 g/mol. The van der Waals surface area contributed by atoms with Gasteiger partial charge < -0.3 is 5.11 Å². The van der Waals surface area contributed by atoms with Crippen molar-refractivity contribution in [1.29, 1.82) is 0 Å². The van der Waals surface area contributed by atoms with Crippen molar-refractivity contribution in [3.05, 3.63) is 70.8 Å². The number of aryl methyl sites for hydroxylation is 2. The summed E-state index contributed by atoms with van der Waals surface area (Å²) in [4.78, 5) is 2.38. The molecule has 0 saturated heterocycles. The Morgan fingerprint density at radius 2 is 1.77 bits per heavy atom. The molecular formula is C20H27NO. The lowest BCUT2D eigenvalue weighted by Gasteiger charge is -2.23. The molecule has 0 amide bonds. The van der Waals surface area contributed by atoms with E-state index in [1.54, 1.807) is 0 Å². The van der Waals surface area contributed by atoms with Crippen LogP contribution in [-0.4, -0.2) is 23.1 Å². The first kappa shape index (κ1) is 16.7. The Morgan fingerprint density at radius 1 is 1.05 bits per heavy atom. The third-order valence-electron chi connectivity index (χ3n) is 4.20. The van der Waals surface area contributed by atoms with E-state index in [0.29, 0.717) is 0 Å². The molecule has 2 nitrogen and oxygen atoms in total. The molecule has 0 spiro atoms. The summed E-state index contributed by atoms with van der Waals surface area (Å²) in [5, 5.41) is 10.5. The predicted octanol–water partition coefficient (Wildman–Crippen LogP) is 4.25. The number of aliphatic hydroxyl groups excluding tert-OH is 1. The predicted molar refractivity (Wildman–Crippen MR) is 92.9 cm³/mol. The van der Waals surface area contributed by atoms with E-state index in [1.807, 2.05) is 6.07 Å². The van der Waals surface area contributed by atoms with Gasteiger partial charge in [0.15, 0.2) is 0 Å². The van der Waals surface area contributed by atoms with Gasteiger partial charge in [0.1, 0.15) is 0 Å². The molecule has 1 unspecified atom stereocenters. The molecule has 0 heterocycles. The van der Waals surface area contributed by atoms with Gasteiger partial charge in [0.05, 0.1) is 6.10 Å². The first-order chi connectivity index (χ1) is 10.6. The molecule has 2 rings (SSSR count). The van der Waals surface area contributed by atoms with Crippen LogP contribution < -0.4 is 0 Å². The molecule has 0 aliphatic carbocycles. The normalized spacial score (nSPS) is 12.6. The molecule has 2 aromatic carbocycles. The minimum atomic E-state index is -0.384. The van der Waals surface area contributed by atoms with E-state index in [4.69, 9.17) is 0 Å². The largest absolute Gasteiger partial charge is 0.388 e. The maximum absolute atomic E-state index is 10.5. The lowest BCUT2D eigenvalue weighted by atomic mass is 9.99. The third kappa shape index (κ3) is 4.69. The van der Waals surface area contributed by atoms with Crippen molar-refractivity contribution in [2.75, 3.05) is 13.1 Å². The topological polar surface area (TPSA) is 23.5 Å². The summed E-state index contributed by atoms with van der Waals surface area (Å²) in [7, 11) is 0. The maximum Gasteiger partial charge on any atom is 0.0804 e. The van der Waals surface area contributed by atoms with Crippen LogP contribution in [0.3, 0.4) is 0 Å². The van der Waals surface area contributed by atoms with E-state index in [-0.39, 0.29) is 6.10 Å². The van der Waals surface area contributed by atoms with Gasteiger partial charge in [-0.05, 0) is 43.5 Å². The van der Waals surface area contributed by atoms with Crippen LogP contribution in [0.5, 0.6) is 0 Å².